The van der Waals surface area contributed by atoms with Crippen molar-refractivity contribution in [1.82, 2.24) is 9.21 Å². The monoisotopic (exact) mass is 378 g/mol. The van der Waals surface area contributed by atoms with Crippen LogP contribution in [0.5, 0.6) is 0 Å². The Morgan fingerprint density at radius 3 is 2.27 bits per heavy atom. The fraction of sp³-hybridized carbons (Fsp3) is 0.714. The molecule has 2 fully saturated rings. The highest BCUT2D eigenvalue weighted by Crippen LogP contribution is 2.32. The first-order chi connectivity index (χ1) is 12.4. The Kier molecular flexibility index (Phi) is 6.41. The molecule has 26 heavy (non-hydrogen) atoms. The topological polar surface area (TPSA) is 40.6 Å². The maximum absolute atomic E-state index is 12.4. The fourth-order valence-electron chi connectivity index (χ4n) is 4.49. The molecule has 0 aliphatic carbocycles. The highest BCUT2D eigenvalue weighted by molar-refractivity contribution is 7.89. The Hall–Kier alpha value is -0.910. The number of rotatable bonds is 5. The van der Waals surface area contributed by atoms with Crippen LogP contribution in [-0.2, 0) is 16.6 Å². The van der Waals surface area contributed by atoms with E-state index in [-0.39, 0.29) is 5.25 Å². The number of hydrogen-bond acceptors (Lipinski definition) is 3. The van der Waals surface area contributed by atoms with E-state index in [9.17, 15) is 8.42 Å². The van der Waals surface area contributed by atoms with E-state index in [2.05, 4.69) is 36.1 Å². The molecule has 5 heteroatoms. The van der Waals surface area contributed by atoms with Crippen LogP contribution < -0.4 is 0 Å². The van der Waals surface area contributed by atoms with E-state index in [0.29, 0.717) is 25.0 Å². The molecule has 2 aliphatic heterocycles. The first-order valence-corrected chi connectivity index (χ1v) is 11.7. The van der Waals surface area contributed by atoms with Crippen LogP contribution in [0.3, 0.4) is 0 Å². The molecule has 1 aromatic carbocycles. The molecule has 2 saturated heterocycles. The summed E-state index contributed by atoms with van der Waals surface area (Å²) in [7, 11) is -3.10. The van der Waals surface area contributed by atoms with E-state index in [1.807, 2.05) is 0 Å². The average Bonchev–Trinajstić information content (AvgIpc) is 2.64. The van der Waals surface area contributed by atoms with Gasteiger partial charge < -0.3 is 0 Å². The van der Waals surface area contributed by atoms with Gasteiger partial charge in [0.25, 0.3) is 0 Å². The minimum Gasteiger partial charge on any atom is -0.296 e. The highest BCUT2D eigenvalue weighted by Gasteiger charge is 2.35. The van der Waals surface area contributed by atoms with Gasteiger partial charge in [0.1, 0.15) is 0 Å². The Balaban J connectivity index is 1.63. The number of piperidine rings is 2. The fourth-order valence-corrected chi connectivity index (χ4v) is 5.80. The third kappa shape index (κ3) is 4.49. The van der Waals surface area contributed by atoms with Gasteiger partial charge in [0.2, 0.25) is 10.0 Å². The number of likely N-dealkylation sites (tertiary alicyclic amines) is 1. The van der Waals surface area contributed by atoms with Crippen molar-refractivity contribution in [3.8, 4) is 0 Å². The molecule has 0 N–H and O–H groups in total. The summed E-state index contributed by atoms with van der Waals surface area (Å²) in [5, 5.41) is -0.313. The van der Waals surface area contributed by atoms with Crippen molar-refractivity contribution in [3.05, 3.63) is 35.4 Å². The third-order valence-corrected chi connectivity index (χ3v) is 8.45. The van der Waals surface area contributed by atoms with Gasteiger partial charge in [0.15, 0.2) is 0 Å². The molecule has 1 atom stereocenters. The molecule has 146 valence electrons. The van der Waals surface area contributed by atoms with Crippen LogP contribution in [0.25, 0.3) is 0 Å². The van der Waals surface area contributed by atoms with Gasteiger partial charge in [0.05, 0.1) is 5.25 Å². The SMILES string of the molecule is Cc1ccc(CN2CCCCC2C2CCN(S(=O)(=O)C(C)C)CC2)cc1. The first-order valence-electron chi connectivity index (χ1n) is 10.2. The summed E-state index contributed by atoms with van der Waals surface area (Å²) >= 11 is 0. The van der Waals surface area contributed by atoms with Crippen molar-refractivity contribution in [2.75, 3.05) is 19.6 Å². The number of benzene rings is 1. The standard InChI is InChI=1S/C21H34N2O2S/c1-17(2)26(24,25)23-14-11-20(12-15-23)21-6-4-5-13-22(21)16-19-9-7-18(3)8-10-19/h7-10,17,20-21H,4-6,11-16H2,1-3H3. The molecule has 1 unspecified atom stereocenters. The third-order valence-electron chi connectivity index (χ3n) is 6.17. The quantitative estimate of drug-likeness (QED) is 0.782. The van der Waals surface area contributed by atoms with Gasteiger partial charge in [-0.05, 0) is 64.5 Å². The number of hydrogen-bond donors (Lipinski definition) is 0. The lowest BCUT2D eigenvalue weighted by Gasteiger charge is -2.43. The molecule has 0 bridgehead atoms. The second-order valence-electron chi connectivity index (χ2n) is 8.35. The molecular formula is C21H34N2O2S. The second kappa shape index (κ2) is 8.41. The lowest BCUT2D eigenvalue weighted by atomic mass is 9.84. The summed E-state index contributed by atoms with van der Waals surface area (Å²) in [6.07, 6.45) is 5.85. The van der Waals surface area contributed by atoms with Crippen molar-refractivity contribution < 1.29 is 8.42 Å². The van der Waals surface area contributed by atoms with Crippen molar-refractivity contribution in [3.63, 3.8) is 0 Å². The predicted molar refractivity (Wildman–Crippen MR) is 108 cm³/mol. The summed E-state index contributed by atoms with van der Waals surface area (Å²) in [6, 6.07) is 9.50. The van der Waals surface area contributed by atoms with E-state index in [1.54, 1.807) is 18.2 Å². The van der Waals surface area contributed by atoms with Gasteiger partial charge in [-0.1, -0.05) is 36.2 Å². The minimum absolute atomic E-state index is 0.313. The van der Waals surface area contributed by atoms with Gasteiger partial charge in [-0.15, -0.1) is 0 Å². The summed E-state index contributed by atoms with van der Waals surface area (Å²) < 4.78 is 26.6. The summed E-state index contributed by atoms with van der Waals surface area (Å²) in [5.74, 6) is 0.624. The van der Waals surface area contributed by atoms with E-state index in [4.69, 9.17) is 0 Å². The normalized spacial score (nSPS) is 24.2. The largest absolute Gasteiger partial charge is 0.296 e. The Morgan fingerprint density at radius 1 is 1.00 bits per heavy atom. The van der Waals surface area contributed by atoms with Gasteiger partial charge in [-0.3, -0.25) is 4.90 Å². The van der Waals surface area contributed by atoms with Crippen molar-refractivity contribution >= 4 is 10.0 Å². The van der Waals surface area contributed by atoms with Gasteiger partial charge in [0, 0.05) is 25.7 Å². The van der Waals surface area contributed by atoms with Crippen LogP contribution in [-0.4, -0.2) is 48.5 Å². The molecule has 0 aromatic heterocycles. The van der Waals surface area contributed by atoms with Crippen LogP contribution in [0.2, 0.25) is 0 Å². The Labute approximate surface area is 159 Å². The molecule has 0 spiro atoms. The first kappa shape index (κ1) is 19.8. The zero-order chi connectivity index (χ0) is 18.7. The maximum atomic E-state index is 12.4. The van der Waals surface area contributed by atoms with Crippen molar-refractivity contribution in [1.29, 1.82) is 0 Å². The summed E-state index contributed by atoms with van der Waals surface area (Å²) in [5.41, 5.74) is 2.70. The van der Waals surface area contributed by atoms with Crippen LogP contribution >= 0.6 is 0 Å². The van der Waals surface area contributed by atoms with Crippen LogP contribution in [0.1, 0.15) is 57.1 Å². The summed E-state index contributed by atoms with van der Waals surface area (Å²) in [4.78, 5) is 2.66. The second-order valence-corrected chi connectivity index (χ2v) is 10.8. The van der Waals surface area contributed by atoms with Crippen molar-refractivity contribution in [2.24, 2.45) is 5.92 Å². The van der Waals surface area contributed by atoms with Crippen LogP contribution in [0, 0.1) is 12.8 Å². The molecule has 2 aliphatic rings. The van der Waals surface area contributed by atoms with Gasteiger partial charge in [-0.25, -0.2) is 12.7 Å². The van der Waals surface area contributed by atoms with Gasteiger partial charge in [-0.2, -0.15) is 0 Å². The number of sulfonamides is 1. The van der Waals surface area contributed by atoms with E-state index >= 15 is 0 Å². The van der Waals surface area contributed by atoms with E-state index < -0.39 is 10.0 Å². The zero-order valence-electron chi connectivity index (χ0n) is 16.5. The maximum Gasteiger partial charge on any atom is 0.216 e. The lowest BCUT2D eigenvalue weighted by molar-refractivity contribution is 0.0683. The average molecular weight is 379 g/mol. The molecule has 0 amide bonds. The molecule has 2 heterocycles. The highest BCUT2D eigenvalue weighted by atomic mass is 32.2. The molecule has 0 saturated carbocycles. The molecule has 1 aromatic rings. The van der Waals surface area contributed by atoms with Crippen molar-refractivity contribution in [2.45, 2.75) is 70.7 Å². The van der Waals surface area contributed by atoms with E-state index in [0.717, 1.165) is 19.4 Å². The molecular weight excluding hydrogens is 344 g/mol. The Morgan fingerprint density at radius 2 is 1.65 bits per heavy atom. The number of aryl methyl sites for hydroxylation is 1. The zero-order valence-corrected chi connectivity index (χ0v) is 17.3. The Bertz CT molecular complexity index is 676. The number of nitrogens with zero attached hydrogens (tertiary/aromatic N) is 2. The van der Waals surface area contributed by atoms with Crippen LogP contribution in [0.15, 0.2) is 24.3 Å². The van der Waals surface area contributed by atoms with E-state index in [1.165, 1.54) is 36.9 Å². The predicted octanol–water partition coefficient (Wildman–Crippen LogP) is 3.80. The molecule has 0 radical (unpaired) electrons. The lowest BCUT2D eigenvalue weighted by Crippen LogP contribution is -2.49. The van der Waals surface area contributed by atoms with Crippen LogP contribution in [0.4, 0.5) is 0 Å². The summed E-state index contributed by atoms with van der Waals surface area (Å²) in [6.45, 7) is 9.28. The molecule has 3 rings (SSSR count). The minimum atomic E-state index is -3.10. The smallest absolute Gasteiger partial charge is 0.216 e. The van der Waals surface area contributed by atoms with Gasteiger partial charge >= 0.3 is 0 Å². The molecule has 4 nitrogen and oxygen atoms in total.